The lowest BCUT2D eigenvalue weighted by Crippen LogP contribution is -2.14. The third-order valence-corrected chi connectivity index (χ3v) is 6.56. The van der Waals surface area contributed by atoms with Crippen LogP contribution in [0.3, 0.4) is 0 Å². The van der Waals surface area contributed by atoms with E-state index >= 15 is 0 Å². The van der Waals surface area contributed by atoms with Gasteiger partial charge in [-0.2, -0.15) is 0 Å². The van der Waals surface area contributed by atoms with Gasteiger partial charge in [-0.1, -0.05) is 44.4 Å². The van der Waals surface area contributed by atoms with Crippen LogP contribution in [0.4, 0.5) is 14.7 Å². The highest BCUT2D eigenvalue weighted by molar-refractivity contribution is 5.88. The first-order chi connectivity index (χ1) is 16.3. The topological polar surface area (TPSA) is 86.9 Å². The van der Waals surface area contributed by atoms with E-state index in [0.717, 1.165) is 27.9 Å². The Kier molecular flexibility index (Phi) is 7.09. The maximum atomic E-state index is 13.2. The largest absolute Gasteiger partial charge is 0.367 e. The molecular formula is C25H33F2N7. The Labute approximate surface area is 198 Å². The van der Waals surface area contributed by atoms with E-state index in [0.29, 0.717) is 10.9 Å². The number of halogens is 2. The van der Waals surface area contributed by atoms with Gasteiger partial charge in [0.2, 0.25) is 5.95 Å². The highest BCUT2D eigenvalue weighted by Crippen LogP contribution is 2.34. The quantitative estimate of drug-likeness (QED) is 0.405. The molecule has 1 saturated carbocycles. The number of aromatic nitrogens is 6. The molecule has 182 valence electrons. The number of nitrogens with zero attached hydrogens (tertiary/aromatic N) is 6. The van der Waals surface area contributed by atoms with Crippen molar-refractivity contribution in [2.45, 2.75) is 72.0 Å². The summed E-state index contributed by atoms with van der Waals surface area (Å²) in [6, 6.07) is 7.66. The fraction of sp³-hybridized carbons (Fsp3) is 0.520. The van der Waals surface area contributed by atoms with Crippen molar-refractivity contribution in [1.29, 1.82) is 0 Å². The van der Waals surface area contributed by atoms with Crippen LogP contribution in [-0.2, 0) is 6.54 Å². The lowest BCUT2D eigenvalue weighted by Gasteiger charge is -2.28. The molecule has 3 heterocycles. The number of aryl methyl sites for hydroxylation is 2. The molecule has 2 N–H and O–H groups in total. The molecule has 3 aromatic heterocycles. The Balaban J connectivity index is 0.000000291. The Hall–Kier alpha value is -3.10. The van der Waals surface area contributed by atoms with Crippen LogP contribution in [0.25, 0.3) is 27.7 Å². The van der Waals surface area contributed by atoms with Gasteiger partial charge in [0.05, 0.1) is 16.7 Å². The molecular weight excluding hydrogens is 436 g/mol. The molecule has 0 amide bonds. The molecule has 5 rings (SSSR count). The maximum Gasteiger partial charge on any atom is 0.238 e. The molecule has 1 aliphatic carbocycles. The van der Waals surface area contributed by atoms with Gasteiger partial charge in [0.15, 0.2) is 0 Å². The van der Waals surface area contributed by atoms with Gasteiger partial charge >= 0.3 is 0 Å². The van der Waals surface area contributed by atoms with Crippen LogP contribution < -0.4 is 5.73 Å². The van der Waals surface area contributed by atoms with E-state index in [2.05, 4.69) is 34.2 Å². The minimum absolute atomic E-state index is 0.0561. The number of hydrogen-bond donors (Lipinski definition) is 1. The average molecular weight is 470 g/mol. The monoisotopic (exact) mass is 469 g/mol. The number of fused-ring (bicyclic) bond motifs is 2. The van der Waals surface area contributed by atoms with Crippen LogP contribution in [0, 0.1) is 12.3 Å². The Bertz CT molecular complexity index is 1250. The van der Waals surface area contributed by atoms with E-state index in [-0.39, 0.29) is 18.9 Å². The fourth-order valence-electron chi connectivity index (χ4n) is 4.60. The number of benzene rings is 1. The van der Waals surface area contributed by atoms with Crippen molar-refractivity contribution in [1.82, 2.24) is 29.6 Å². The first-order valence-electron chi connectivity index (χ1n) is 11.9. The predicted molar refractivity (Wildman–Crippen MR) is 131 cm³/mol. The zero-order chi connectivity index (χ0) is 24.3. The van der Waals surface area contributed by atoms with Crippen LogP contribution in [0.5, 0.6) is 0 Å². The van der Waals surface area contributed by atoms with Gasteiger partial charge < -0.3 is 5.73 Å². The van der Waals surface area contributed by atoms with Crippen LogP contribution in [0.2, 0.25) is 0 Å². The van der Waals surface area contributed by atoms with Crippen LogP contribution >= 0.6 is 0 Å². The molecule has 9 heteroatoms. The van der Waals surface area contributed by atoms with Gasteiger partial charge in [0, 0.05) is 24.7 Å². The lowest BCUT2D eigenvalue weighted by atomic mass is 9.78. The van der Waals surface area contributed by atoms with Crippen LogP contribution in [-0.4, -0.2) is 42.4 Å². The molecule has 7 nitrogen and oxygen atoms in total. The number of nitrogens with two attached hydrogens (primary N) is 1. The number of nitrogen functional groups attached to an aromatic ring is 1. The van der Waals surface area contributed by atoms with Crippen molar-refractivity contribution in [2.75, 3.05) is 12.4 Å². The number of anilines is 1. The minimum Gasteiger partial charge on any atom is -0.367 e. The van der Waals surface area contributed by atoms with Crippen LogP contribution in [0.1, 0.15) is 58.1 Å². The molecule has 0 saturated heterocycles. The third kappa shape index (κ3) is 5.34. The summed E-state index contributed by atoms with van der Waals surface area (Å²) in [5.74, 6) is 0.212. The van der Waals surface area contributed by atoms with Crippen molar-refractivity contribution in [3.8, 4) is 11.1 Å². The van der Waals surface area contributed by atoms with Crippen molar-refractivity contribution in [2.24, 2.45) is 5.41 Å². The standard InChI is InChI=1S/C17H17F2N7.C8H16/c1-10-16-13(5-7-26(16)23-17(20)21-10)11-2-3-14-15(8-11)25(24-22-14)6-4-12(19)9-18;1-8(2)6-4-3-5-7-8/h2-3,5,7-8,12H,4,6,9H2,1H3,(H2,20,23);3-7H2,1-2H3. The summed E-state index contributed by atoms with van der Waals surface area (Å²) >= 11 is 0. The van der Waals surface area contributed by atoms with Gasteiger partial charge in [-0.15, -0.1) is 10.2 Å². The average Bonchev–Trinajstić information content (AvgIpc) is 3.41. The van der Waals surface area contributed by atoms with Gasteiger partial charge in [-0.25, -0.2) is 23.0 Å². The Morgan fingerprint density at radius 3 is 2.59 bits per heavy atom. The molecule has 1 fully saturated rings. The lowest BCUT2D eigenvalue weighted by molar-refractivity contribution is 0.236. The molecule has 0 radical (unpaired) electrons. The predicted octanol–water partition coefficient (Wildman–Crippen LogP) is 5.71. The van der Waals surface area contributed by atoms with Gasteiger partial charge in [-0.05, 0) is 48.9 Å². The highest BCUT2D eigenvalue weighted by Gasteiger charge is 2.20. The first-order valence-corrected chi connectivity index (χ1v) is 11.9. The second-order valence-electron chi connectivity index (χ2n) is 9.86. The van der Waals surface area contributed by atoms with Crippen molar-refractivity contribution < 1.29 is 8.78 Å². The molecule has 1 unspecified atom stereocenters. The summed E-state index contributed by atoms with van der Waals surface area (Å²) in [5, 5.41) is 12.3. The van der Waals surface area contributed by atoms with Crippen LogP contribution in [0.15, 0.2) is 30.5 Å². The van der Waals surface area contributed by atoms with E-state index in [1.54, 1.807) is 9.20 Å². The zero-order valence-electron chi connectivity index (χ0n) is 20.1. The van der Waals surface area contributed by atoms with E-state index in [1.165, 1.54) is 32.1 Å². The van der Waals surface area contributed by atoms with E-state index in [4.69, 9.17) is 5.73 Å². The highest BCUT2D eigenvalue weighted by atomic mass is 19.2. The molecule has 1 aliphatic rings. The summed E-state index contributed by atoms with van der Waals surface area (Å²) < 4.78 is 28.9. The first kappa shape index (κ1) is 24.0. The maximum absolute atomic E-state index is 13.2. The summed E-state index contributed by atoms with van der Waals surface area (Å²) in [7, 11) is 0. The molecule has 4 aromatic rings. The molecule has 0 aliphatic heterocycles. The van der Waals surface area contributed by atoms with E-state index in [9.17, 15) is 8.78 Å². The summed E-state index contributed by atoms with van der Waals surface area (Å²) in [4.78, 5) is 4.23. The van der Waals surface area contributed by atoms with E-state index < -0.39 is 12.8 Å². The SMILES string of the molecule is CC1(C)CCCCC1.Cc1nc(N)nn2ccc(-c3ccc4nnn(CCC(F)CF)c4c3)c12. The minimum atomic E-state index is -1.49. The Morgan fingerprint density at radius 1 is 1.15 bits per heavy atom. The Morgan fingerprint density at radius 2 is 1.91 bits per heavy atom. The number of rotatable bonds is 5. The summed E-state index contributed by atoms with van der Waals surface area (Å²) in [5.41, 5.74) is 11.4. The summed E-state index contributed by atoms with van der Waals surface area (Å²) in [6.07, 6.45) is 7.70. The molecule has 34 heavy (non-hydrogen) atoms. The van der Waals surface area contributed by atoms with Gasteiger partial charge in [0.25, 0.3) is 0 Å². The second kappa shape index (κ2) is 10.0. The summed E-state index contributed by atoms with van der Waals surface area (Å²) in [6.45, 7) is 5.91. The van der Waals surface area contributed by atoms with Crippen molar-refractivity contribution >= 4 is 22.5 Å². The molecule has 0 spiro atoms. The van der Waals surface area contributed by atoms with E-state index in [1.807, 2.05) is 37.4 Å². The smallest absolute Gasteiger partial charge is 0.238 e. The molecule has 0 bridgehead atoms. The molecule has 1 atom stereocenters. The van der Waals surface area contributed by atoms with Crippen molar-refractivity contribution in [3.63, 3.8) is 0 Å². The normalized spacial score (nSPS) is 16.4. The fourth-order valence-corrected chi connectivity index (χ4v) is 4.60. The second-order valence-corrected chi connectivity index (χ2v) is 9.86. The third-order valence-electron chi connectivity index (χ3n) is 6.56. The van der Waals surface area contributed by atoms with Gasteiger partial charge in [0.1, 0.15) is 18.4 Å². The molecule has 1 aromatic carbocycles. The van der Waals surface area contributed by atoms with Crippen molar-refractivity contribution in [3.05, 3.63) is 36.2 Å². The van der Waals surface area contributed by atoms with Gasteiger partial charge in [-0.3, -0.25) is 0 Å². The zero-order valence-corrected chi connectivity index (χ0v) is 20.1. The number of hydrogen-bond acceptors (Lipinski definition) is 5. The number of alkyl halides is 2.